The first kappa shape index (κ1) is 25.9. The molecule has 0 bridgehead atoms. The predicted octanol–water partition coefficient (Wildman–Crippen LogP) is 1.16. The molecular weight excluding hydrogens is 480 g/mol. The molecule has 1 aromatic heterocycles. The third-order valence-electron chi connectivity index (χ3n) is 4.80. The molecule has 4 rings (SSSR count). The Hall–Kier alpha value is -2.70. The number of hydrogen-bond donors (Lipinski definition) is 2. The zero-order valence-corrected chi connectivity index (χ0v) is 20.9. The normalized spacial score (nSPS) is 11.8. The van der Waals surface area contributed by atoms with Crippen molar-refractivity contribution < 1.29 is 57.4 Å². The molecular formula is C22H18F3N4NaO3S. The summed E-state index contributed by atoms with van der Waals surface area (Å²) < 4.78 is 65.9. The summed E-state index contributed by atoms with van der Waals surface area (Å²) in [7, 11) is -4.05. The minimum atomic E-state index is -4.66. The molecule has 0 saturated heterocycles. The van der Waals surface area contributed by atoms with Crippen LogP contribution in [0.1, 0.15) is 14.0 Å². The average molecular weight is 498 g/mol. The van der Waals surface area contributed by atoms with Gasteiger partial charge in [-0.25, -0.2) is 13.1 Å². The van der Waals surface area contributed by atoms with E-state index in [9.17, 15) is 26.4 Å². The van der Waals surface area contributed by atoms with Gasteiger partial charge in [0.15, 0.2) is 5.69 Å². The number of nitrogens with one attached hydrogen (secondary N) is 2. The number of amides is 1. The molecule has 0 aliphatic heterocycles. The van der Waals surface area contributed by atoms with E-state index < -0.39 is 27.8 Å². The number of sulfonamides is 1. The van der Waals surface area contributed by atoms with Crippen LogP contribution < -0.4 is 39.8 Å². The van der Waals surface area contributed by atoms with Gasteiger partial charge in [0.2, 0.25) is 5.91 Å². The smallest absolute Gasteiger partial charge is 1.00 e. The second-order valence-electron chi connectivity index (χ2n) is 7.17. The number of hydrogen-bond acceptors (Lipinski definition) is 4. The quantitative estimate of drug-likeness (QED) is 0.319. The number of carbonyl (C=O) groups is 1. The molecule has 1 heterocycles. The van der Waals surface area contributed by atoms with Gasteiger partial charge in [0, 0.05) is 12.5 Å². The van der Waals surface area contributed by atoms with Gasteiger partial charge in [-0.15, -0.1) is 4.83 Å². The first-order chi connectivity index (χ1) is 15.5. The number of benzene rings is 3. The van der Waals surface area contributed by atoms with E-state index in [2.05, 4.69) is 5.10 Å². The van der Waals surface area contributed by atoms with E-state index in [1.165, 1.54) is 24.3 Å². The Balaban J connectivity index is 0.00000216. The van der Waals surface area contributed by atoms with Gasteiger partial charge in [-0.1, -0.05) is 36.4 Å². The summed E-state index contributed by atoms with van der Waals surface area (Å²) >= 11 is 0. The largest absolute Gasteiger partial charge is 1.00 e. The van der Waals surface area contributed by atoms with Crippen LogP contribution in [0.5, 0.6) is 0 Å². The van der Waals surface area contributed by atoms with Gasteiger partial charge in [0.25, 0.3) is 10.0 Å². The van der Waals surface area contributed by atoms with Crippen LogP contribution in [0.25, 0.3) is 27.7 Å². The van der Waals surface area contributed by atoms with E-state index in [0.717, 1.165) is 28.4 Å². The summed E-state index contributed by atoms with van der Waals surface area (Å²) in [6, 6.07) is 18.7. The summed E-state index contributed by atoms with van der Waals surface area (Å²) in [5, 5.41) is 5.51. The van der Waals surface area contributed by atoms with Crippen LogP contribution >= 0.6 is 0 Å². The van der Waals surface area contributed by atoms with Crippen LogP contribution in [0.15, 0.2) is 77.7 Å². The van der Waals surface area contributed by atoms with Crippen molar-refractivity contribution in [3.8, 4) is 16.9 Å². The number of fused-ring (bicyclic) bond motifs is 1. The average Bonchev–Trinajstić information content (AvgIpc) is 3.24. The minimum Gasteiger partial charge on any atom is -1.00 e. The van der Waals surface area contributed by atoms with Gasteiger partial charge >= 0.3 is 35.7 Å². The second kappa shape index (κ2) is 9.88. The monoisotopic (exact) mass is 498 g/mol. The Bertz CT molecular complexity index is 1460. The molecule has 0 radical (unpaired) electrons. The van der Waals surface area contributed by atoms with Crippen LogP contribution in [0.4, 0.5) is 13.2 Å². The summed E-state index contributed by atoms with van der Waals surface area (Å²) in [5.74, 6) is -0.605. The Labute approximate surface area is 216 Å². The maximum atomic E-state index is 13.4. The number of carbonyl (C=O) groups excluding carboxylic acids is 1. The van der Waals surface area contributed by atoms with E-state index >= 15 is 0 Å². The Kier molecular flexibility index (Phi) is 7.53. The molecule has 0 saturated carbocycles. The Morgan fingerprint density at radius 2 is 1.62 bits per heavy atom. The standard InChI is InChI=1S/C22H17F3N4O3S.Na.H/c1-14(30)26-28-33(31,32)19-10-8-18(9-11-19)29-20(13-21(27-29)22(23,24)25)17-7-6-15-4-2-3-5-16(15)12-17;;/h2-13,28H,1H3,(H,26,30);;/q;+1;-1. The second-order valence-corrected chi connectivity index (χ2v) is 8.85. The van der Waals surface area contributed by atoms with Crippen molar-refractivity contribution in [1.29, 1.82) is 0 Å². The SMILES string of the molecule is CC(=O)NNS(=O)(=O)c1ccc(-n2nc(C(F)(F)F)cc2-c2ccc3ccccc3c2)cc1.[H-].[Na+]. The molecule has 0 unspecified atom stereocenters. The van der Waals surface area contributed by atoms with Crippen LogP contribution in [-0.2, 0) is 21.0 Å². The number of rotatable bonds is 5. The van der Waals surface area contributed by atoms with Gasteiger partial charge in [-0.05, 0) is 47.2 Å². The molecule has 3 aromatic carbocycles. The maximum absolute atomic E-state index is 13.4. The maximum Gasteiger partial charge on any atom is 1.00 e. The molecule has 0 aliphatic rings. The van der Waals surface area contributed by atoms with Gasteiger partial charge in [-0.3, -0.25) is 10.2 Å². The first-order valence-corrected chi connectivity index (χ1v) is 11.1. The van der Waals surface area contributed by atoms with Crippen LogP contribution in [0, 0.1) is 0 Å². The van der Waals surface area contributed by atoms with E-state index in [1.54, 1.807) is 18.2 Å². The van der Waals surface area contributed by atoms with Crippen LogP contribution in [-0.4, -0.2) is 24.1 Å². The molecule has 34 heavy (non-hydrogen) atoms. The van der Waals surface area contributed by atoms with E-state index in [0.29, 0.717) is 5.56 Å². The van der Waals surface area contributed by atoms with Crippen molar-refractivity contribution >= 4 is 26.7 Å². The van der Waals surface area contributed by atoms with Gasteiger partial charge in [0.1, 0.15) is 0 Å². The van der Waals surface area contributed by atoms with Crippen molar-refractivity contribution in [2.45, 2.75) is 18.0 Å². The van der Waals surface area contributed by atoms with Crippen molar-refractivity contribution in [2.75, 3.05) is 0 Å². The summed E-state index contributed by atoms with van der Waals surface area (Å²) in [5.41, 5.74) is 1.84. The van der Waals surface area contributed by atoms with Gasteiger partial charge in [0.05, 0.1) is 16.3 Å². The molecule has 0 aliphatic carbocycles. The minimum absolute atomic E-state index is 0. The molecule has 7 nitrogen and oxygen atoms in total. The van der Waals surface area contributed by atoms with Gasteiger partial charge < -0.3 is 1.43 Å². The summed E-state index contributed by atoms with van der Waals surface area (Å²) in [4.78, 5) is 12.7. The van der Waals surface area contributed by atoms with Crippen molar-refractivity contribution in [3.63, 3.8) is 0 Å². The van der Waals surface area contributed by atoms with Gasteiger partial charge in [-0.2, -0.15) is 18.3 Å². The van der Waals surface area contributed by atoms with E-state index in [1.807, 2.05) is 34.5 Å². The fourth-order valence-corrected chi connectivity index (χ4v) is 4.13. The molecule has 2 N–H and O–H groups in total. The number of halogens is 3. The van der Waals surface area contributed by atoms with Crippen molar-refractivity contribution in [3.05, 3.63) is 78.5 Å². The fourth-order valence-electron chi connectivity index (χ4n) is 3.24. The fraction of sp³-hybridized carbons (Fsp3) is 0.0909. The van der Waals surface area contributed by atoms with Crippen molar-refractivity contribution in [1.82, 2.24) is 20.0 Å². The van der Waals surface area contributed by atoms with Crippen LogP contribution in [0.2, 0.25) is 0 Å². The topological polar surface area (TPSA) is 93.1 Å². The summed E-state index contributed by atoms with van der Waals surface area (Å²) in [6.45, 7) is 1.13. The van der Waals surface area contributed by atoms with Crippen LogP contribution in [0.3, 0.4) is 0 Å². The molecule has 4 aromatic rings. The van der Waals surface area contributed by atoms with Crippen molar-refractivity contribution in [2.24, 2.45) is 0 Å². The number of nitrogens with zero attached hydrogens (tertiary/aromatic N) is 2. The summed E-state index contributed by atoms with van der Waals surface area (Å²) in [6.07, 6.45) is -4.66. The third-order valence-corrected chi connectivity index (χ3v) is 6.06. The molecule has 0 spiro atoms. The molecule has 12 heteroatoms. The van der Waals surface area contributed by atoms with E-state index in [-0.39, 0.29) is 47.3 Å². The molecule has 172 valence electrons. The molecule has 1 amide bonds. The van der Waals surface area contributed by atoms with E-state index in [4.69, 9.17) is 0 Å². The predicted molar refractivity (Wildman–Crippen MR) is 117 cm³/mol. The number of alkyl halides is 3. The first-order valence-electron chi connectivity index (χ1n) is 9.60. The number of aromatic nitrogens is 2. The zero-order chi connectivity index (χ0) is 23.8. The molecule has 0 atom stereocenters. The number of hydrazine groups is 1. The molecule has 0 fully saturated rings. The third kappa shape index (κ3) is 5.50. The Morgan fingerprint density at radius 1 is 0.971 bits per heavy atom. The zero-order valence-electron chi connectivity index (χ0n) is 19.1. The Morgan fingerprint density at radius 3 is 2.24 bits per heavy atom.